The highest BCUT2D eigenvalue weighted by Crippen LogP contribution is 2.40. The maximum Gasteiger partial charge on any atom is 0.317 e. The molecule has 2 saturated heterocycles. The van der Waals surface area contributed by atoms with Gasteiger partial charge in [-0.15, -0.1) is 0 Å². The van der Waals surface area contributed by atoms with Gasteiger partial charge in [0.25, 0.3) is 0 Å². The Morgan fingerprint density at radius 2 is 1.72 bits per heavy atom. The smallest absolute Gasteiger partial charge is 0.317 e. The zero-order chi connectivity index (χ0) is 21.2. The van der Waals surface area contributed by atoms with Gasteiger partial charge < -0.3 is 24.6 Å². The zero-order valence-corrected chi connectivity index (χ0v) is 18.2. The van der Waals surface area contributed by atoms with Gasteiger partial charge in [-0.2, -0.15) is 0 Å². The lowest BCUT2D eigenvalue weighted by Gasteiger charge is -2.26. The predicted octanol–water partition coefficient (Wildman–Crippen LogP) is 2.85. The van der Waals surface area contributed by atoms with Gasteiger partial charge in [-0.25, -0.2) is 4.79 Å². The van der Waals surface area contributed by atoms with Crippen molar-refractivity contribution in [3.63, 3.8) is 0 Å². The first-order chi connectivity index (χ1) is 13.7. The van der Waals surface area contributed by atoms with Crippen molar-refractivity contribution in [1.82, 2.24) is 15.1 Å². The van der Waals surface area contributed by atoms with E-state index in [0.717, 1.165) is 31.5 Å². The summed E-state index contributed by atoms with van der Waals surface area (Å²) in [4.78, 5) is 29.9. The molecule has 2 heterocycles. The van der Waals surface area contributed by atoms with Crippen molar-refractivity contribution in [1.29, 1.82) is 0 Å². The molecule has 3 rings (SSSR count). The lowest BCUT2D eigenvalue weighted by molar-refractivity contribution is -0.134. The van der Waals surface area contributed by atoms with Crippen LogP contribution in [-0.4, -0.2) is 67.7 Å². The molecule has 1 aromatic rings. The lowest BCUT2D eigenvalue weighted by Crippen LogP contribution is -2.48. The Morgan fingerprint density at radius 3 is 2.31 bits per heavy atom. The van der Waals surface area contributed by atoms with E-state index in [9.17, 15) is 9.59 Å². The van der Waals surface area contributed by atoms with Gasteiger partial charge in [0, 0.05) is 43.2 Å². The molecule has 2 aliphatic heterocycles. The third kappa shape index (κ3) is 4.77. The van der Waals surface area contributed by atoms with Crippen LogP contribution in [0.1, 0.15) is 45.1 Å². The van der Waals surface area contributed by atoms with Gasteiger partial charge in [-0.3, -0.25) is 4.79 Å². The largest absolute Gasteiger partial charge is 0.497 e. The number of nitrogens with zero attached hydrogens (tertiary/aromatic N) is 2. The molecule has 2 fully saturated rings. The molecule has 0 radical (unpaired) electrons. The second-order valence-electron chi connectivity index (χ2n) is 8.94. The molecule has 0 bridgehead atoms. The van der Waals surface area contributed by atoms with Gasteiger partial charge in [0.1, 0.15) is 11.5 Å². The zero-order valence-electron chi connectivity index (χ0n) is 18.2. The fraction of sp³-hybridized carbons (Fsp3) is 0.636. The summed E-state index contributed by atoms with van der Waals surface area (Å²) < 4.78 is 11.0. The van der Waals surface area contributed by atoms with Crippen LogP contribution in [0.25, 0.3) is 0 Å². The molecule has 1 N–H and O–H groups in total. The van der Waals surface area contributed by atoms with Crippen LogP contribution < -0.4 is 14.8 Å². The van der Waals surface area contributed by atoms with Crippen molar-refractivity contribution < 1.29 is 19.1 Å². The first-order valence-corrected chi connectivity index (χ1v) is 10.3. The number of likely N-dealkylation sites (tertiary alicyclic amines) is 2. The number of amides is 3. The molecule has 3 amide bonds. The number of carbonyl (C=O) groups excluding carboxylic acids is 2. The highest BCUT2D eigenvalue weighted by molar-refractivity contribution is 5.83. The number of nitrogens with one attached hydrogen (secondary N) is 1. The summed E-state index contributed by atoms with van der Waals surface area (Å²) in [5, 5.41) is 3.02. The molecule has 0 aliphatic carbocycles. The van der Waals surface area contributed by atoms with Crippen LogP contribution in [0.5, 0.6) is 11.5 Å². The molecule has 0 saturated carbocycles. The lowest BCUT2D eigenvalue weighted by atomic mass is 9.87. The van der Waals surface area contributed by atoms with Gasteiger partial charge in [0.15, 0.2) is 0 Å². The monoisotopic (exact) mass is 403 g/mol. The van der Waals surface area contributed by atoms with Gasteiger partial charge >= 0.3 is 6.03 Å². The quantitative estimate of drug-likeness (QED) is 0.839. The Kier molecular flexibility index (Phi) is 6.24. The number of rotatable bonds is 4. The van der Waals surface area contributed by atoms with Crippen LogP contribution in [0.4, 0.5) is 4.79 Å². The Labute approximate surface area is 173 Å². The molecule has 29 heavy (non-hydrogen) atoms. The number of benzene rings is 1. The first kappa shape index (κ1) is 21.3. The molecule has 7 heteroatoms. The summed E-state index contributed by atoms with van der Waals surface area (Å²) in [6, 6.07) is 5.50. The minimum atomic E-state index is -0.336. The van der Waals surface area contributed by atoms with Crippen molar-refractivity contribution in [2.45, 2.75) is 45.1 Å². The van der Waals surface area contributed by atoms with Crippen LogP contribution in [0.3, 0.4) is 0 Å². The summed E-state index contributed by atoms with van der Waals surface area (Å²) in [5.41, 5.74) is 0.576. The van der Waals surface area contributed by atoms with Gasteiger partial charge in [0.2, 0.25) is 5.91 Å². The highest BCUT2D eigenvalue weighted by atomic mass is 16.5. The molecular weight excluding hydrogens is 370 g/mol. The van der Waals surface area contributed by atoms with E-state index in [1.807, 2.05) is 43.9 Å². The number of urea groups is 1. The number of methoxy groups -OCH3 is 2. The molecule has 1 aromatic carbocycles. The first-order valence-electron chi connectivity index (χ1n) is 10.3. The predicted molar refractivity (Wildman–Crippen MR) is 111 cm³/mol. The molecule has 2 unspecified atom stereocenters. The van der Waals surface area contributed by atoms with Crippen LogP contribution >= 0.6 is 0 Å². The molecule has 0 spiro atoms. The fourth-order valence-electron chi connectivity index (χ4n) is 4.24. The van der Waals surface area contributed by atoms with E-state index in [1.165, 1.54) is 0 Å². The average molecular weight is 404 g/mol. The summed E-state index contributed by atoms with van der Waals surface area (Å²) in [6.45, 7) is 8.33. The minimum Gasteiger partial charge on any atom is -0.497 e. The highest BCUT2D eigenvalue weighted by Gasteiger charge is 2.44. The van der Waals surface area contributed by atoms with E-state index in [0.29, 0.717) is 24.6 Å². The summed E-state index contributed by atoms with van der Waals surface area (Å²) >= 11 is 0. The molecule has 2 atom stereocenters. The van der Waals surface area contributed by atoms with E-state index in [1.54, 1.807) is 19.1 Å². The van der Waals surface area contributed by atoms with E-state index < -0.39 is 0 Å². The standard InChI is InChI=1S/C22H33N3O4/c1-22(2,3)23-21(27)25-13-17(16-12-15(28-4)8-9-19(16)29-5)18(14-25)20(26)24-10-6-7-11-24/h8-9,12,17-18H,6-7,10-11,13-14H2,1-5H3,(H,23,27). The van der Waals surface area contributed by atoms with Crippen LogP contribution in [0, 0.1) is 5.92 Å². The third-order valence-electron chi connectivity index (χ3n) is 5.66. The molecular formula is C22H33N3O4. The minimum absolute atomic E-state index is 0.128. The Bertz CT molecular complexity index is 753. The van der Waals surface area contributed by atoms with E-state index >= 15 is 0 Å². The van der Waals surface area contributed by atoms with Crippen molar-refractivity contribution in [2.75, 3.05) is 40.4 Å². The Hall–Kier alpha value is -2.44. The van der Waals surface area contributed by atoms with E-state index in [2.05, 4.69) is 5.32 Å². The summed E-state index contributed by atoms with van der Waals surface area (Å²) in [5.74, 6) is 1.13. The van der Waals surface area contributed by atoms with Crippen molar-refractivity contribution >= 4 is 11.9 Å². The fourth-order valence-corrected chi connectivity index (χ4v) is 4.24. The number of ether oxygens (including phenoxy) is 2. The van der Waals surface area contributed by atoms with Crippen molar-refractivity contribution in [2.24, 2.45) is 5.92 Å². The van der Waals surface area contributed by atoms with E-state index in [-0.39, 0.29) is 29.3 Å². The molecule has 2 aliphatic rings. The van der Waals surface area contributed by atoms with Gasteiger partial charge in [0.05, 0.1) is 20.1 Å². The Morgan fingerprint density at radius 1 is 1.03 bits per heavy atom. The number of hydrogen-bond donors (Lipinski definition) is 1. The number of hydrogen-bond acceptors (Lipinski definition) is 4. The second kappa shape index (κ2) is 8.51. The third-order valence-corrected chi connectivity index (χ3v) is 5.66. The summed E-state index contributed by atoms with van der Waals surface area (Å²) in [6.07, 6.45) is 2.08. The molecule has 7 nitrogen and oxygen atoms in total. The SMILES string of the molecule is COc1ccc(OC)c(C2CN(C(=O)NC(C)(C)C)CC2C(=O)N2CCCC2)c1. The number of carbonyl (C=O) groups is 2. The summed E-state index contributed by atoms with van der Waals surface area (Å²) in [7, 11) is 3.25. The molecule has 160 valence electrons. The van der Waals surface area contributed by atoms with Gasteiger partial charge in [-0.05, 0) is 51.8 Å². The van der Waals surface area contributed by atoms with Crippen molar-refractivity contribution in [3.8, 4) is 11.5 Å². The van der Waals surface area contributed by atoms with E-state index in [4.69, 9.17) is 9.47 Å². The second-order valence-corrected chi connectivity index (χ2v) is 8.94. The van der Waals surface area contributed by atoms with Crippen molar-refractivity contribution in [3.05, 3.63) is 23.8 Å². The maximum absolute atomic E-state index is 13.3. The van der Waals surface area contributed by atoms with Crippen LogP contribution in [-0.2, 0) is 4.79 Å². The maximum atomic E-state index is 13.3. The van der Waals surface area contributed by atoms with Crippen LogP contribution in [0.2, 0.25) is 0 Å². The molecule has 0 aromatic heterocycles. The van der Waals surface area contributed by atoms with Crippen LogP contribution in [0.15, 0.2) is 18.2 Å². The normalized spacial score (nSPS) is 22.0. The topological polar surface area (TPSA) is 71.1 Å². The average Bonchev–Trinajstić information content (AvgIpc) is 3.35. The Balaban J connectivity index is 1.92. The van der Waals surface area contributed by atoms with Gasteiger partial charge in [-0.1, -0.05) is 0 Å².